The molecule has 1 saturated carbocycles. The highest BCUT2D eigenvalue weighted by molar-refractivity contribution is 7.92. The number of aromatic nitrogens is 3. The maximum Gasteiger partial charge on any atom is 0.410 e. The fourth-order valence-electron chi connectivity index (χ4n) is 5.62. The third-order valence-electron chi connectivity index (χ3n) is 8.10. The molecule has 0 unspecified atom stereocenters. The van der Waals surface area contributed by atoms with Crippen LogP contribution in [-0.4, -0.2) is 70.5 Å². The number of rotatable bonds is 9. The lowest BCUT2D eigenvalue weighted by Crippen LogP contribution is -2.47. The number of amides is 1. The first-order valence-corrected chi connectivity index (χ1v) is 17.5. The Balaban J connectivity index is 1.25. The first kappa shape index (κ1) is 33.3. The van der Waals surface area contributed by atoms with Crippen molar-refractivity contribution in [3.8, 4) is 22.9 Å². The van der Waals surface area contributed by atoms with Crippen molar-refractivity contribution in [2.75, 3.05) is 28.9 Å². The molecule has 0 spiro atoms. The van der Waals surface area contributed by atoms with E-state index in [1.165, 1.54) is 6.07 Å². The van der Waals surface area contributed by atoms with E-state index >= 15 is 4.39 Å². The number of nitrogens with one attached hydrogen (secondary N) is 2. The van der Waals surface area contributed by atoms with Gasteiger partial charge in [0.25, 0.3) is 0 Å². The van der Waals surface area contributed by atoms with Crippen LogP contribution in [0.4, 0.5) is 25.2 Å². The van der Waals surface area contributed by atoms with Crippen LogP contribution in [0.25, 0.3) is 22.0 Å². The predicted molar refractivity (Wildman–Crippen MR) is 179 cm³/mol. The summed E-state index contributed by atoms with van der Waals surface area (Å²) in [6, 6.07) is 11.1. The lowest BCUT2D eigenvalue weighted by molar-refractivity contribution is 0.0206. The van der Waals surface area contributed by atoms with Gasteiger partial charge in [0.2, 0.25) is 21.9 Å². The Bertz CT molecular complexity index is 1970. The number of anilines is 2. The zero-order chi connectivity index (χ0) is 34.3. The van der Waals surface area contributed by atoms with Gasteiger partial charge in [-0.25, -0.2) is 36.9 Å². The summed E-state index contributed by atoms with van der Waals surface area (Å²) in [5, 5.41) is 4.03. The number of fused-ring (bicyclic) bond motifs is 1. The molecule has 1 amide bonds. The van der Waals surface area contributed by atoms with E-state index in [-0.39, 0.29) is 41.9 Å². The van der Waals surface area contributed by atoms with Crippen molar-refractivity contribution in [3.63, 3.8) is 0 Å². The van der Waals surface area contributed by atoms with Gasteiger partial charge in [-0.05, 0) is 89.3 Å². The average molecular weight is 681 g/mol. The zero-order valence-electron chi connectivity index (χ0n) is 27.2. The number of pyridine rings is 1. The molecule has 0 bridgehead atoms. The van der Waals surface area contributed by atoms with Crippen molar-refractivity contribution in [1.82, 2.24) is 19.9 Å². The number of halogens is 2. The molecule has 1 aliphatic heterocycles. The molecule has 6 rings (SSSR count). The second-order valence-corrected chi connectivity index (χ2v) is 15.1. The topological polar surface area (TPSA) is 136 Å². The van der Waals surface area contributed by atoms with Crippen LogP contribution in [0.1, 0.15) is 52.0 Å². The number of carbonyl (C=O) groups is 1. The number of likely N-dealkylation sites (tertiary alicyclic amines) is 1. The van der Waals surface area contributed by atoms with Gasteiger partial charge < -0.3 is 19.7 Å². The van der Waals surface area contributed by atoms with E-state index in [1.54, 1.807) is 47.6 Å². The van der Waals surface area contributed by atoms with E-state index in [1.807, 2.05) is 27.7 Å². The zero-order valence-corrected chi connectivity index (χ0v) is 28.0. The normalized spacial score (nSPS) is 17.5. The lowest BCUT2D eigenvalue weighted by Gasteiger charge is -2.34. The van der Waals surface area contributed by atoms with Crippen LogP contribution in [0.2, 0.25) is 0 Å². The summed E-state index contributed by atoms with van der Waals surface area (Å²) in [7, 11) is -4.16. The second kappa shape index (κ2) is 12.8. The molecule has 2 aromatic carbocycles. The molecule has 2 fully saturated rings. The average Bonchev–Trinajstić information content (AvgIpc) is 3.74. The summed E-state index contributed by atoms with van der Waals surface area (Å²) in [5.74, 6) is -0.606. The number of hydrogen-bond donors (Lipinski definition) is 2. The molecular formula is C34H38F2N6O5S. The van der Waals surface area contributed by atoms with Crippen LogP contribution in [-0.2, 0) is 14.8 Å². The van der Waals surface area contributed by atoms with Crippen molar-refractivity contribution < 1.29 is 31.5 Å². The van der Waals surface area contributed by atoms with Crippen molar-refractivity contribution >= 4 is 38.5 Å². The molecular weight excluding hydrogens is 642 g/mol. The maximum absolute atomic E-state index is 15.1. The smallest absolute Gasteiger partial charge is 0.410 e. The molecule has 14 heteroatoms. The van der Waals surface area contributed by atoms with Gasteiger partial charge >= 0.3 is 6.09 Å². The van der Waals surface area contributed by atoms with Crippen LogP contribution in [0.15, 0.2) is 54.9 Å². The van der Waals surface area contributed by atoms with Crippen molar-refractivity contribution in [3.05, 3.63) is 66.2 Å². The van der Waals surface area contributed by atoms with E-state index in [9.17, 15) is 17.6 Å². The van der Waals surface area contributed by atoms with E-state index in [4.69, 9.17) is 14.5 Å². The van der Waals surface area contributed by atoms with Gasteiger partial charge in [0.1, 0.15) is 28.6 Å². The Morgan fingerprint density at radius 1 is 1.08 bits per heavy atom. The fraction of sp³-hybridized carbons (Fsp3) is 0.412. The van der Waals surface area contributed by atoms with Gasteiger partial charge in [-0.3, -0.25) is 4.72 Å². The van der Waals surface area contributed by atoms with Crippen LogP contribution >= 0.6 is 0 Å². The highest BCUT2D eigenvalue weighted by Gasteiger charge is 2.47. The maximum atomic E-state index is 15.1. The number of aryl methyl sites for hydroxylation is 1. The Morgan fingerprint density at radius 3 is 2.60 bits per heavy atom. The van der Waals surface area contributed by atoms with Crippen LogP contribution in [0, 0.1) is 12.7 Å². The molecule has 2 N–H and O–H groups in total. The van der Waals surface area contributed by atoms with Crippen molar-refractivity contribution in [2.45, 2.75) is 70.7 Å². The fourth-order valence-corrected chi connectivity index (χ4v) is 7.18. The Hall–Kier alpha value is -4.59. The van der Waals surface area contributed by atoms with Crippen LogP contribution < -0.4 is 14.8 Å². The summed E-state index contributed by atoms with van der Waals surface area (Å²) in [6.07, 6.45) is 4.76. The van der Waals surface area contributed by atoms with E-state index < -0.39 is 32.9 Å². The third kappa shape index (κ3) is 7.75. The Kier molecular flexibility index (Phi) is 8.88. The molecule has 1 saturated heterocycles. The Morgan fingerprint density at radius 2 is 1.85 bits per heavy atom. The van der Waals surface area contributed by atoms with E-state index in [0.717, 1.165) is 18.9 Å². The molecule has 4 aromatic rings. The molecule has 2 aromatic heterocycles. The predicted octanol–water partition coefficient (Wildman–Crippen LogP) is 6.99. The number of carbonyl (C=O) groups excluding carboxylic acids is 1. The number of hydrogen-bond acceptors (Lipinski definition) is 9. The number of benzene rings is 2. The third-order valence-corrected chi connectivity index (χ3v) is 9.52. The number of nitrogens with zero attached hydrogens (tertiary/aromatic N) is 4. The molecule has 254 valence electrons. The second-order valence-electron chi connectivity index (χ2n) is 13.4. The first-order chi connectivity index (χ1) is 22.7. The minimum absolute atomic E-state index is 0.0869. The Labute approximate surface area is 278 Å². The van der Waals surface area contributed by atoms with Crippen LogP contribution in [0.5, 0.6) is 11.6 Å². The van der Waals surface area contributed by atoms with Gasteiger partial charge in [0.05, 0.1) is 16.9 Å². The molecule has 1 aliphatic carbocycles. The minimum Gasteiger partial charge on any atom is -0.444 e. The summed E-state index contributed by atoms with van der Waals surface area (Å²) in [4.78, 5) is 27.9. The monoisotopic (exact) mass is 680 g/mol. The van der Waals surface area contributed by atoms with E-state index in [0.29, 0.717) is 47.0 Å². The SMILES string of the molecule is Cc1ccc2c(NS(=O)(=O)CC3(F)CC3)c(F)ccc2c1Oc1ncccc1-c1ccnc(N[C@H]2CCCN(C(=O)OC(C)(C)C)C2)n1. The van der Waals surface area contributed by atoms with Gasteiger partial charge in [0, 0.05) is 42.3 Å². The largest absolute Gasteiger partial charge is 0.444 e. The molecule has 48 heavy (non-hydrogen) atoms. The molecule has 0 radical (unpaired) electrons. The van der Waals surface area contributed by atoms with Gasteiger partial charge in [-0.2, -0.15) is 0 Å². The van der Waals surface area contributed by atoms with Crippen LogP contribution in [0.3, 0.4) is 0 Å². The molecule has 3 heterocycles. The standard InChI is InChI=1S/C34H38F2N6O5S/c1-21-9-10-23-24(11-12-26(35)28(23)41-48(44,45)20-34(36)14-15-34)29(21)46-30-25(8-5-16-37-30)27-13-17-38-31(40-27)39-22-7-6-18-42(19-22)32(43)47-33(2,3)4/h5,8-13,16-17,22,41H,6-7,14-15,18-20H2,1-4H3,(H,38,39,40)/t22-/m0/s1. The highest BCUT2D eigenvalue weighted by Crippen LogP contribution is 2.43. The summed E-state index contributed by atoms with van der Waals surface area (Å²) in [6.45, 7) is 8.36. The first-order valence-electron chi connectivity index (χ1n) is 15.8. The molecule has 11 nitrogen and oxygen atoms in total. The quantitative estimate of drug-likeness (QED) is 0.192. The molecule has 2 aliphatic rings. The number of sulfonamides is 1. The lowest BCUT2D eigenvalue weighted by atomic mass is 10.0. The minimum atomic E-state index is -4.16. The van der Waals surface area contributed by atoms with Gasteiger partial charge in [-0.1, -0.05) is 12.1 Å². The molecule has 1 atom stereocenters. The number of piperidine rings is 1. The van der Waals surface area contributed by atoms with Gasteiger partial charge in [-0.15, -0.1) is 0 Å². The highest BCUT2D eigenvalue weighted by atomic mass is 32.2. The summed E-state index contributed by atoms with van der Waals surface area (Å²) < 4.78 is 69.1. The van der Waals surface area contributed by atoms with Crippen molar-refractivity contribution in [1.29, 1.82) is 0 Å². The van der Waals surface area contributed by atoms with Crippen molar-refractivity contribution in [2.24, 2.45) is 0 Å². The van der Waals surface area contributed by atoms with E-state index in [2.05, 4.69) is 20.0 Å². The number of ether oxygens (including phenoxy) is 2. The summed E-state index contributed by atoms with van der Waals surface area (Å²) in [5.41, 5.74) is -0.874. The summed E-state index contributed by atoms with van der Waals surface area (Å²) >= 11 is 0. The number of alkyl halides is 1. The van der Waals surface area contributed by atoms with Gasteiger partial charge in [0.15, 0.2) is 0 Å².